The van der Waals surface area contributed by atoms with Gasteiger partial charge in [-0.3, -0.25) is 0 Å². The minimum absolute atomic E-state index is 0. The van der Waals surface area contributed by atoms with Crippen molar-refractivity contribution in [2.75, 3.05) is 0 Å². The topological polar surface area (TPSA) is 161 Å². The Balaban J connectivity index is -0.0000000257. The average Bonchev–Trinajstić information content (AvgIpc) is 1.76. The van der Waals surface area contributed by atoms with Crippen LogP contribution in [0, 0.1) is 0 Å². The number of carboxylic acids is 4. The first-order valence-corrected chi connectivity index (χ1v) is 3.63. The van der Waals surface area contributed by atoms with E-state index in [1.54, 1.807) is 0 Å². The maximum absolute atomic E-state index is 8.89. The predicted molar refractivity (Wildman–Crippen MR) is 42.7 cm³/mol. The van der Waals surface area contributed by atoms with Crippen LogP contribution in [0.4, 0.5) is 0 Å². The van der Waals surface area contributed by atoms with Gasteiger partial charge in [0.15, 0.2) is 0 Å². The van der Waals surface area contributed by atoms with Crippen molar-refractivity contribution in [2.24, 2.45) is 0 Å². The van der Waals surface area contributed by atoms with Crippen LogP contribution in [-0.4, -0.2) is 23.9 Å². The van der Waals surface area contributed by atoms with E-state index in [4.69, 9.17) is 39.6 Å². The fourth-order valence-electron chi connectivity index (χ4n) is 0. The molecule has 0 N–H and O–H groups in total. The van der Waals surface area contributed by atoms with E-state index in [9.17, 15) is 0 Å². The van der Waals surface area contributed by atoms with Gasteiger partial charge in [0.25, 0.3) is 0 Å². The third-order valence-electron chi connectivity index (χ3n) is 0. The Kier molecular flexibility index (Phi) is 60.2. The summed E-state index contributed by atoms with van der Waals surface area (Å²) in [5.74, 6) is -4.33. The molecule has 0 amide bonds. The van der Waals surface area contributed by atoms with Crippen molar-refractivity contribution < 1.29 is 91.7 Å². The second kappa shape index (κ2) is 30.0. The van der Waals surface area contributed by atoms with Crippen LogP contribution in [-0.2, 0) is 71.2 Å². The molecule has 100 valence electrons. The molecule has 0 aliphatic carbocycles. The maximum atomic E-state index is 8.89. The quantitative estimate of drug-likeness (QED) is 0.296. The standard InChI is InChI=1S/4C2H4O2.Hf.Zr/c4*1-2(3)4;;/h4*1H3,(H,3,4);;/q;;;;+4;/p-4. The molecule has 0 aromatic heterocycles. The molecule has 10 heteroatoms. The normalized spacial score (nSPS) is 5.56. The van der Waals surface area contributed by atoms with E-state index in [0.29, 0.717) is 0 Å². The zero-order valence-electron chi connectivity index (χ0n) is 10.3. The summed E-state index contributed by atoms with van der Waals surface area (Å²) < 4.78 is 0. The van der Waals surface area contributed by atoms with Crippen molar-refractivity contribution in [1.29, 1.82) is 0 Å². The average molecular weight is 506 g/mol. The van der Waals surface area contributed by atoms with Crippen LogP contribution < -0.4 is 20.4 Å². The van der Waals surface area contributed by atoms with Crippen molar-refractivity contribution in [3.05, 3.63) is 0 Å². The summed E-state index contributed by atoms with van der Waals surface area (Å²) in [4.78, 5) is 35.6. The molecule has 0 aromatic rings. The number of carbonyl (C=O) groups excluding carboxylic acids is 4. The van der Waals surface area contributed by atoms with E-state index in [1.165, 1.54) is 0 Å². The number of hydrogen-bond donors (Lipinski definition) is 0. The zero-order valence-corrected chi connectivity index (χ0v) is 16.3. The molecule has 0 aliphatic rings. The van der Waals surface area contributed by atoms with Crippen LogP contribution in [0.1, 0.15) is 27.7 Å². The molecule has 0 atom stereocenters. The maximum Gasteiger partial charge on any atom is 4.00 e. The van der Waals surface area contributed by atoms with E-state index in [1.807, 2.05) is 0 Å². The molecule has 0 saturated carbocycles. The molecule has 18 heavy (non-hydrogen) atoms. The van der Waals surface area contributed by atoms with Crippen molar-refractivity contribution in [2.45, 2.75) is 27.7 Å². The van der Waals surface area contributed by atoms with Crippen molar-refractivity contribution in [1.82, 2.24) is 0 Å². The molecule has 0 saturated heterocycles. The Hall–Kier alpha value is -0.367. The number of carboxylic acid groups (broad SMARTS) is 4. The fraction of sp³-hybridized carbons (Fsp3) is 0.500. The summed E-state index contributed by atoms with van der Waals surface area (Å²) in [5.41, 5.74) is 0. The second-order valence-electron chi connectivity index (χ2n) is 1.97. The number of rotatable bonds is 0. The third-order valence-corrected chi connectivity index (χ3v) is 0. The third kappa shape index (κ3) is 24900. The molecule has 0 aliphatic heterocycles. The molecule has 0 spiro atoms. The predicted octanol–water partition coefficient (Wildman–Crippen LogP) is -4.98. The van der Waals surface area contributed by atoms with E-state index >= 15 is 0 Å². The molecule has 0 heterocycles. The Morgan fingerprint density at radius 1 is 0.556 bits per heavy atom. The summed E-state index contributed by atoms with van der Waals surface area (Å²) >= 11 is 0. The molecule has 0 aromatic carbocycles. The van der Waals surface area contributed by atoms with Gasteiger partial charge in [-0.05, 0) is 27.7 Å². The zero-order chi connectivity index (χ0) is 14.3. The molecule has 8 nitrogen and oxygen atoms in total. The van der Waals surface area contributed by atoms with Crippen LogP contribution in [0.2, 0.25) is 0 Å². The van der Waals surface area contributed by atoms with Crippen LogP contribution in [0.25, 0.3) is 0 Å². The Morgan fingerprint density at radius 3 is 0.556 bits per heavy atom. The van der Waals surface area contributed by atoms with E-state index in [2.05, 4.69) is 0 Å². The SMILES string of the molecule is CC(=O)[O-].CC(=O)[O-].CC(=O)[O-].CC(=O)[O-].[Hf+4].[Zr]. The molecule has 0 unspecified atom stereocenters. The van der Waals surface area contributed by atoms with Gasteiger partial charge in [-0.15, -0.1) is 0 Å². The molecular weight excluding hydrogens is 494 g/mol. The molecule has 0 radical (unpaired) electrons. The van der Waals surface area contributed by atoms with Gasteiger partial charge < -0.3 is 39.6 Å². The van der Waals surface area contributed by atoms with Crippen LogP contribution in [0.5, 0.6) is 0 Å². The summed E-state index contributed by atoms with van der Waals surface area (Å²) in [6.45, 7) is 3.89. The first-order valence-electron chi connectivity index (χ1n) is 3.63. The Morgan fingerprint density at radius 2 is 0.556 bits per heavy atom. The van der Waals surface area contributed by atoms with Gasteiger partial charge in [0.1, 0.15) is 0 Å². The van der Waals surface area contributed by atoms with Gasteiger partial charge in [-0.2, -0.15) is 0 Å². The van der Waals surface area contributed by atoms with Gasteiger partial charge in [0, 0.05) is 50.1 Å². The summed E-state index contributed by atoms with van der Waals surface area (Å²) in [7, 11) is 0. The van der Waals surface area contributed by atoms with Gasteiger partial charge >= 0.3 is 25.8 Å². The van der Waals surface area contributed by atoms with Crippen molar-refractivity contribution in [3.8, 4) is 0 Å². The smallest absolute Gasteiger partial charge is 0.550 e. The van der Waals surface area contributed by atoms with E-state index in [-0.39, 0.29) is 52.0 Å². The summed E-state index contributed by atoms with van der Waals surface area (Å²) in [6.07, 6.45) is 0. The largest absolute Gasteiger partial charge is 4.00 e. The number of hydrogen-bond acceptors (Lipinski definition) is 8. The van der Waals surface area contributed by atoms with Crippen LogP contribution in [0.3, 0.4) is 0 Å². The van der Waals surface area contributed by atoms with Crippen LogP contribution >= 0.6 is 0 Å². The fourth-order valence-corrected chi connectivity index (χ4v) is 0. The molecule has 0 bridgehead atoms. The molecule has 0 rings (SSSR count). The number of aliphatic carboxylic acids is 4. The van der Waals surface area contributed by atoms with Gasteiger partial charge in [-0.1, -0.05) is 0 Å². The first kappa shape index (κ1) is 36.0. The first-order chi connectivity index (χ1) is 6.93. The van der Waals surface area contributed by atoms with Crippen molar-refractivity contribution >= 4 is 23.9 Å². The van der Waals surface area contributed by atoms with E-state index < -0.39 is 23.9 Å². The minimum Gasteiger partial charge on any atom is -0.550 e. The Labute approximate surface area is 142 Å². The van der Waals surface area contributed by atoms with Gasteiger partial charge in [-0.25, -0.2) is 0 Å². The van der Waals surface area contributed by atoms with Gasteiger partial charge in [0.05, 0.1) is 0 Å². The summed E-state index contributed by atoms with van der Waals surface area (Å²) in [5, 5.41) is 35.6. The Bertz CT molecular complexity index is 167. The van der Waals surface area contributed by atoms with Gasteiger partial charge in [0.2, 0.25) is 0 Å². The minimum atomic E-state index is -1.08. The number of carbonyl (C=O) groups is 4. The van der Waals surface area contributed by atoms with Crippen LogP contribution in [0.15, 0.2) is 0 Å². The molecule has 0 fully saturated rings. The summed E-state index contributed by atoms with van der Waals surface area (Å²) in [6, 6.07) is 0. The second-order valence-corrected chi connectivity index (χ2v) is 1.97. The van der Waals surface area contributed by atoms with Crippen molar-refractivity contribution in [3.63, 3.8) is 0 Å². The monoisotopic (exact) mass is 506 g/mol. The van der Waals surface area contributed by atoms with E-state index in [0.717, 1.165) is 27.7 Å². The molecular formula is C8H12HfO8Zr.